The van der Waals surface area contributed by atoms with Crippen molar-refractivity contribution < 1.29 is 19.7 Å². The molecule has 0 unspecified atom stereocenters. The minimum absolute atomic E-state index is 0.0933. The second-order valence-corrected chi connectivity index (χ2v) is 2.80. The molecule has 14 heavy (non-hydrogen) atoms. The van der Waals surface area contributed by atoms with Crippen LogP contribution in [0.5, 0.6) is 5.75 Å². The largest absolute Gasteiger partial charge is 0.507 e. The van der Waals surface area contributed by atoms with E-state index >= 15 is 0 Å². The number of hydrogen-bond acceptors (Lipinski definition) is 3. The minimum Gasteiger partial charge on any atom is -0.507 e. The summed E-state index contributed by atoms with van der Waals surface area (Å²) in [4.78, 5) is 10.6. The van der Waals surface area contributed by atoms with E-state index in [1.165, 1.54) is 0 Å². The Kier molecular flexibility index (Phi) is 1.89. The Labute approximate surface area is 80.1 Å². The van der Waals surface area contributed by atoms with Crippen molar-refractivity contribution in [1.29, 1.82) is 0 Å². The Bertz CT molecular complexity index is 408. The van der Waals surface area contributed by atoms with Crippen LogP contribution in [0.4, 0.5) is 0 Å². The molecule has 0 amide bonds. The number of fused-ring (bicyclic) bond motifs is 1. The van der Waals surface area contributed by atoms with Crippen LogP contribution in [0.1, 0.15) is 5.56 Å². The maximum atomic E-state index is 10.6. The van der Waals surface area contributed by atoms with Crippen LogP contribution in [-0.2, 0) is 4.79 Å². The maximum Gasteiger partial charge on any atom is 0.357 e. The Balaban J connectivity index is 2.44. The molecule has 1 aliphatic rings. The van der Waals surface area contributed by atoms with Crippen LogP contribution in [0.3, 0.4) is 0 Å². The van der Waals surface area contributed by atoms with Gasteiger partial charge in [0.05, 0.1) is 5.56 Å². The second-order valence-electron chi connectivity index (χ2n) is 2.80. The molecule has 1 radical (unpaired) electrons. The van der Waals surface area contributed by atoms with Gasteiger partial charge in [0, 0.05) is 6.08 Å². The first kappa shape index (κ1) is 8.62. The number of carbonyl (C=O) groups is 1. The number of hydrogen-bond donors (Lipinski definition) is 2. The molecule has 4 nitrogen and oxygen atoms in total. The van der Waals surface area contributed by atoms with Crippen molar-refractivity contribution in [3.63, 3.8) is 0 Å². The number of carboxylic acids is 1. The average Bonchev–Trinajstić information content (AvgIpc) is 2.17. The van der Waals surface area contributed by atoms with Crippen molar-refractivity contribution >= 4 is 11.7 Å². The van der Waals surface area contributed by atoms with Crippen molar-refractivity contribution in [1.82, 2.24) is 0 Å². The summed E-state index contributed by atoms with van der Waals surface area (Å²) in [6.07, 6.45) is 0.811. The van der Waals surface area contributed by atoms with Crippen LogP contribution in [0, 0.1) is 6.10 Å². The fraction of sp³-hybridized carbons (Fsp3) is 0. The molecule has 0 aromatic heterocycles. The van der Waals surface area contributed by atoms with Crippen molar-refractivity contribution in [2.75, 3.05) is 0 Å². The van der Waals surface area contributed by atoms with Gasteiger partial charge in [0.25, 0.3) is 6.10 Å². The zero-order chi connectivity index (χ0) is 10.1. The van der Waals surface area contributed by atoms with Crippen molar-refractivity contribution in [3.05, 3.63) is 42.0 Å². The SMILES string of the molecule is O=C(O)[C]1C=C(O)c2ccccc2O1. The van der Waals surface area contributed by atoms with Crippen molar-refractivity contribution in [2.24, 2.45) is 0 Å². The van der Waals surface area contributed by atoms with Crippen molar-refractivity contribution in [2.45, 2.75) is 0 Å². The number of aliphatic hydroxyl groups is 1. The molecule has 2 rings (SSSR count). The van der Waals surface area contributed by atoms with Gasteiger partial charge in [0.1, 0.15) is 11.5 Å². The summed E-state index contributed by atoms with van der Waals surface area (Å²) in [5.74, 6) is -0.944. The first-order chi connectivity index (χ1) is 6.68. The average molecular weight is 191 g/mol. The molecule has 0 saturated carbocycles. The molecule has 0 fully saturated rings. The summed E-state index contributed by atoms with van der Waals surface area (Å²) in [5.41, 5.74) is 0.498. The van der Waals surface area contributed by atoms with Crippen LogP contribution in [0.2, 0.25) is 0 Å². The molecule has 1 aromatic carbocycles. The van der Waals surface area contributed by atoms with E-state index in [0.29, 0.717) is 11.3 Å². The van der Waals surface area contributed by atoms with Gasteiger partial charge in [-0.1, -0.05) is 12.1 Å². The third-order valence-corrected chi connectivity index (χ3v) is 1.86. The zero-order valence-electron chi connectivity index (χ0n) is 7.10. The number of ether oxygens (including phenoxy) is 1. The molecular formula is C10H7O4. The highest BCUT2D eigenvalue weighted by Gasteiger charge is 2.26. The van der Waals surface area contributed by atoms with Gasteiger partial charge in [0.2, 0.25) is 0 Å². The normalized spacial score (nSPS) is 15.3. The number of carboxylic acid groups (broad SMARTS) is 1. The summed E-state index contributed by atoms with van der Waals surface area (Å²) in [6.45, 7) is 0. The molecule has 71 valence electrons. The van der Waals surface area contributed by atoms with E-state index in [0.717, 1.165) is 6.08 Å². The first-order valence-corrected chi connectivity index (χ1v) is 3.96. The fourth-order valence-corrected chi connectivity index (χ4v) is 1.22. The molecule has 0 spiro atoms. The molecule has 1 aliphatic heterocycles. The number of benzene rings is 1. The fourth-order valence-electron chi connectivity index (χ4n) is 1.22. The van der Waals surface area contributed by atoms with Gasteiger partial charge in [0.15, 0.2) is 0 Å². The van der Waals surface area contributed by atoms with Gasteiger partial charge < -0.3 is 14.9 Å². The van der Waals surface area contributed by atoms with E-state index in [9.17, 15) is 9.90 Å². The van der Waals surface area contributed by atoms with Crippen LogP contribution in [0.25, 0.3) is 5.76 Å². The third kappa shape index (κ3) is 1.31. The summed E-state index contributed by atoms with van der Waals surface area (Å²) in [6, 6.07) is 6.69. The van der Waals surface area contributed by atoms with E-state index in [-0.39, 0.29) is 11.9 Å². The summed E-state index contributed by atoms with van der Waals surface area (Å²) in [7, 11) is 0. The highest BCUT2D eigenvalue weighted by Crippen LogP contribution is 2.32. The molecule has 1 aromatic rings. The topological polar surface area (TPSA) is 66.8 Å². The van der Waals surface area contributed by atoms with E-state index in [4.69, 9.17) is 9.84 Å². The molecule has 1 heterocycles. The molecule has 2 N–H and O–H groups in total. The van der Waals surface area contributed by atoms with E-state index < -0.39 is 5.97 Å². The first-order valence-electron chi connectivity index (χ1n) is 3.96. The predicted molar refractivity (Wildman–Crippen MR) is 48.6 cm³/mol. The van der Waals surface area contributed by atoms with Gasteiger partial charge in [-0.05, 0) is 12.1 Å². The molecule has 0 atom stereocenters. The Hall–Kier alpha value is -1.97. The highest BCUT2D eigenvalue weighted by atomic mass is 16.5. The van der Waals surface area contributed by atoms with Gasteiger partial charge in [-0.2, -0.15) is 0 Å². The lowest BCUT2D eigenvalue weighted by Crippen LogP contribution is -2.19. The number of aliphatic hydroxyl groups excluding tert-OH is 1. The van der Waals surface area contributed by atoms with Crippen LogP contribution in [0.15, 0.2) is 30.3 Å². The van der Waals surface area contributed by atoms with Gasteiger partial charge >= 0.3 is 5.97 Å². The third-order valence-electron chi connectivity index (χ3n) is 1.86. The van der Waals surface area contributed by atoms with Gasteiger partial charge in [-0.3, -0.25) is 0 Å². The van der Waals surface area contributed by atoms with Gasteiger partial charge in [-0.15, -0.1) is 0 Å². The Morgan fingerprint density at radius 2 is 2.00 bits per heavy atom. The van der Waals surface area contributed by atoms with E-state index in [1.807, 2.05) is 0 Å². The number of aliphatic carboxylic acids is 1. The van der Waals surface area contributed by atoms with Crippen LogP contribution in [-0.4, -0.2) is 16.2 Å². The quantitative estimate of drug-likeness (QED) is 0.707. The zero-order valence-corrected chi connectivity index (χ0v) is 7.10. The minimum atomic E-state index is -1.20. The molecule has 4 heteroatoms. The van der Waals surface area contributed by atoms with Crippen LogP contribution < -0.4 is 4.74 Å². The smallest absolute Gasteiger partial charge is 0.357 e. The van der Waals surface area contributed by atoms with Crippen LogP contribution >= 0.6 is 0 Å². The Morgan fingerprint density at radius 3 is 2.71 bits per heavy atom. The Morgan fingerprint density at radius 1 is 1.29 bits per heavy atom. The van der Waals surface area contributed by atoms with Gasteiger partial charge in [-0.25, -0.2) is 4.79 Å². The summed E-state index contributed by atoms with van der Waals surface area (Å²) in [5, 5.41) is 18.1. The molecule has 0 bridgehead atoms. The summed E-state index contributed by atoms with van der Waals surface area (Å²) < 4.78 is 5.04. The summed E-state index contributed by atoms with van der Waals surface area (Å²) >= 11 is 0. The lowest BCUT2D eigenvalue weighted by molar-refractivity contribution is -0.137. The standard InChI is InChI=1S/C10H7O4/c11-7-5-9(10(12)13)14-8-4-2-1-3-6(7)8/h1-5,11H,(H,12,13). The lowest BCUT2D eigenvalue weighted by atomic mass is 10.1. The predicted octanol–water partition coefficient (Wildman–Crippen LogP) is 1.59. The monoisotopic (exact) mass is 191 g/mol. The maximum absolute atomic E-state index is 10.6. The lowest BCUT2D eigenvalue weighted by Gasteiger charge is -2.18. The van der Waals surface area contributed by atoms with E-state index in [1.54, 1.807) is 24.3 Å². The molecular weight excluding hydrogens is 184 g/mol. The highest BCUT2D eigenvalue weighted by molar-refractivity contribution is 5.88. The molecule has 0 saturated heterocycles. The number of rotatable bonds is 1. The second kappa shape index (κ2) is 3.06. The van der Waals surface area contributed by atoms with Crippen molar-refractivity contribution in [3.8, 4) is 5.75 Å². The van der Waals surface area contributed by atoms with E-state index in [2.05, 4.69) is 0 Å². The number of para-hydroxylation sites is 1. The molecule has 0 aliphatic carbocycles.